The quantitative estimate of drug-likeness (QED) is 0.390. The molecule has 0 amide bonds. The molecule has 150 valence electrons. The first kappa shape index (κ1) is 21.6. The van der Waals surface area contributed by atoms with E-state index in [1.165, 1.54) is 0 Å². The molecular formula is C15H12Cl2F5NO4. The van der Waals surface area contributed by atoms with Crippen LogP contribution in [0.3, 0.4) is 0 Å². The van der Waals surface area contributed by atoms with Gasteiger partial charge in [-0.25, -0.2) is 23.4 Å². The van der Waals surface area contributed by atoms with Gasteiger partial charge in [-0.2, -0.15) is 13.2 Å². The molecule has 1 aromatic heterocycles. The monoisotopic (exact) mass is 435 g/mol. The molecule has 1 atom stereocenters. The molecule has 0 N–H and O–H groups in total. The molecule has 1 heterocycles. The van der Waals surface area contributed by atoms with E-state index in [1.54, 1.807) is 0 Å². The van der Waals surface area contributed by atoms with Gasteiger partial charge in [0, 0.05) is 0 Å². The topological polar surface area (TPSA) is 65.5 Å². The zero-order valence-electron chi connectivity index (χ0n) is 13.8. The fourth-order valence-corrected chi connectivity index (χ4v) is 3.14. The number of ether oxygens (including phenoxy) is 2. The molecule has 0 spiro atoms. The van der Waals surface area contributed by atoms with Crippen LogP contribution < -0.4 is 0 Å². The van der Waals surface area contributed by atoms with Gasteiger partial charge in [-0.1, -0.05) is 0 Å². The van der Waals surface area contributed by atoms with Gasteiger partial charge in [0.1, 0.15) is 10.0 Å². The van der Waals surface area contributed by atoms with Crippen molar-refractivity contribution in [3.8, 4) is 0 Å². The zero-order valence-corrected chi connectivity index (χ0v) is 15.3. The van der Waals surface area contributed by atoms with Crippen molar-refractivity contribution in [2.75, 3.05) is 14.2 Å². The molecule has 0 saturated heterocycles. The third-order valence-electron chi connectivity index (χ3n) is 3.99. The highest BCUT2D eigenvalue weighted by molar-refractivity contribution is 6.50. The average molecular weight is 436 g/mol. The molecule has 1 fully saturated rings. The summed E-state index contributed by atoms with van der Waals surface area (Å²) in [4.78, 5) is 27.0. The fraction of sp³-hybridized carbons (Fsp3) is 0.533. The van der Waals surface area contributed by atoms with Gasteiger partial charge < -0.3 is 9.47 Å². The van der Waals surface area contributed by atoms with Gasteiger partial charge in [-0.15, -0.1) is 23.2 Å². The van der Waals surface area contributed by atoms with Crippen LogP contribution in [0.15, 0.2) is 0 Å². The van der Waals surface area contributed by atoms with Crippen molar-refractivity contribution in [3.63, 3.8) is 0 Å². The van der Waals surface area contributed by atoms with Gasteiger partial charge in [0.15, 0.2) is 5.69 Å². The predicted octanol–water partition coefficient (Wildman–Crippen LogP) is 4.35. The third kappa shape index (κ3) is 4.26. The van der Waals surface area contributed by atoms with Crippen LogP contribution in [-0.2, 0) is 22.1 Å². The predicted molar refractivity (Wildman–Crippen MR) is 83.1 cm³/mol. The Morgan fingerprint density at radius 2 is 1.67 bits per heavy atom. The lowest BCUT2D eigenvalue weighted by molar-refractivity contribution is -0.142. The van der Waals surface area contributed by atoms with Crippen molar-refractivity contribution in [2.45, 2.75) is 29.8 Å². The summed E-state index contributed by atoms with van der Waals surface area (Å²) < 4.78 is 74.4. The second-order valence-electron chi connectivity index (χ2n) is 5.72. The van der Waals surface area contributed by atoms with Crippen LogP contribution in [0.1, 0.15) is 50.5 Å². The Hall–Kier alpha value is -1.68. The summed E-state index contributed by atoms with van der Waals surface area (Å²) >= 11 is 11.7. The van der Waals surface area contributed by atoms with Crippen molar-refractivity contribution in [1.29, 1.82) is 0 Å². The van der Waals surface area contributed by atoms with Crippen LogP contribution >= 0.6 is 23.2 Å². The van der Waals surface area contributed by atoms with Crippen LogP contribution in [-0.4, -0.2) is 35.5 Å². The number of aromatic nitrogens is 1. The van der Waals surface area contributed by atoms with Gasteiger partial charge in [-0.05, 0) is 24.3 Å². The number of carbonyl (C=O) groups excluding carboxylic acids is 2. The van der Waals surface area contributed by atoms with E-state index in [0.29, 0.717) is 0 Å². The Balaban J connectivity index is 2.88. The molecule has 1 aromatic rings. The van der Waals surface area contributed by atoms with Gasteiger partial charge in [0.25, 0.3) is 6.43 Å². The molecule has 1 aliphatic carbocycles. The van der Waals surface area contributed by atoms with Crippen molar-refractivity contribution in [3.05, 3.63) is 28.1 Å². The maximum Gasteiger partial charge on any atom is 0.434 e. The summed E-state index contributed by atoms with van der Waals surface area (Å²) in [5.41, 5.74) is -6.06. The number of pyridine rings is 1. The molecule has 1 unspecified atom stereocenters. The molecule has 2 rings (SSSR count). The van der Waals surface area contributed by atoms with Gasteiger partial charge in [0.05, 0.1) is 25.3 Å². The second kappa shape index (κ2) is 7.38. The number of halogens is 7. The number of methoxy groups -OCH3 is 2. The minimum absolute atomic E-state index is 0.130. The second-order valence-corrected chi connectivity index (χ2v) is 7.26. The lowest BCUT2D eigenvalue weighted by Gasteiger charge is -2.20. The summed E-state index contributed by atoms with van der Waals surface area (Å²) in [6.45, 7) is 0. The van der Waals surface area contributed by atoms with Crippen LogP contribution in [0.5, 0.6) is 0 Å². The smallest absolute Gasteiger partial charge is 0.434 e. The lowest BCUT2D eigenvalue weighted by atomic mass is 9.93. The number of carbonyl (C=O) groups is 2. The standard InChI is InChI=1S/C15H12Cl2F5NO4/c1-26-12(24)7-6(3-5-4-14(5,16)17)8(13(25)27-2)10(15(20,21)22)23-9(7)11(18)19/h5,11H,3-4H2,1-2H3. The summed E-state index contributed by atoms with van der Waals surface area (Å²) in [5, 5.41) is 0. The first-order chi connectivity index (χ1) is 12.3. The van der Waals surface area contributed by atoms with E-state index in [4.69, 9.17) is 23.2 Å². The molecule has 5 nitrogen and oxygen atoms in total. The van der Waals surface area contributed by atoms with E-state index in [1.807, 2.05) is 0 Å². The SMILES string of the molecule is COC(=O)c1c(C(F)F)nc(C(F)(F)F)c(C(=O)OC)c1CC1CC1(Cl)Cl. The Morgan fingerprint density at radius 1 is 1.19 bits per heavy atom. The number of alkyl halides is 7. The molecule has 1 saturated carbocycles. The number of hydrogen-bond donors (Lipinski definition) is 0. The maximum atomic E-state index is 13.4. The molecule has 0 radical (unpaired) electrons. The fourth-order valence-electron chi connectivity index (χ4n) is 2.61. The average Bonchev–Trinajstić information content (AvgIpc) is 3.17. The van der Waals surface area contributed by atoms with E-state index in [2.05, 4.69) is 14.5 Å². The highest BCUT2D eigenvalue weighted by Crippen LogP contribution is 2.55. The Kier molecular flexibility index (Phi) is 5.91. The first-order valence-corrected chi connectivity index (χ1v) is 8.07. The maximum absolute atomic E-state index is 13.4. The summed E-state index contributed by atoms with van der Waals surface area (Å²) in [6, 6.07) is 0. The summed E-state index contributed by atoms with van der Waals surface area (Å²) in [7, 11) is 1.65. The highest BCUT2D eigenvalue weighted by Gasteiger charge is 2.53. The number of rotatable bonds is 5. The molecule has 0 bridgehead atoms. The lowest BCUT2D eigenvalue weighted by Crippen LogP contribution is -2.25. The number of nitrogens with zero attached hydrogens (tertiary/aromatic N) is 1. The van der Waals surface area contributed by atoms with E-state index < -0.39 is 69.3 Å². The van der Waals surface area contributed by atoms with Gasteiger partial charge in [0.2, 0.25) is 0 Å². The van der Waals surface area contributed by atoms with E-state index >= 15 is 0 Å². The third-order valence-corrected chi connectivity index (χ3v) is 4.92. The summed E-state index contributed by atoms with van der Waals surface area (Å²) in [6.07, 6.45) is -9.13. The Morgan fingerprint density at radius 3 is 2.04 bits per heavy atom. The normalized spacial score (nSPS) is 18.4. The molecular weight excluding hydrogens is 424 g/mol. The van der Waals surface area contributed by atoms with Crippen molar-refractivity contribution in [1.82, 2.24) is 4.98 Å². The molecule has 12 heteroatoms. The largest absolute Gasteiger partial charge is 0.465 e. The molecule has 1 aliphatic rings. The van der Waals surface area contributed by atoms with Crippen LogP contribution in [0.4, 0.5) is 22.0 Å². The van der Waals surface area contributed by atoms with Crippen molar-refractivity contribution in [2.24, 2.45) is 5.92 Å². The Bertz CT molecular complexity index is 782. The van der Waals surface area contributed by atoms with Crippen LogP contribution in [0.2, 0.25) is 0 Å². The summed E-state index contributed by atoms with van der Waals surface area (Å²) in [5.74, 6) is -3.53. The first-order valence-electron chi connectivity index (χ1n) is 7.31. The van der Waals surface area contributed by atoms with Crippen LogP contribution in [0.25, 0.3) is 0 Å². The minimum atomic E-state index is -5.26. The zero-order chi connectivity index (χ0) is 20.7. The Labute approximate surface area is 159 Å². The highest BCUT2D eigenvalue weighted by atomic mass is 35.5. The van der Waals surface area contributed by atoms with Crippen molar-refractivity contribution >= 4 is 35.1 Å². The van der Waals surface area contributed by atoms with E-state index in [0.717, 1.165) is 14.2 Å². The molecule has 27 heavy (non-hydrogen) atoms. The number of hydrogen-bond acceptors (Lipinski definition) is 5. The van der Waals surface area contributed by atoms with Gasteiger partial charge in [-0.3, -0.25) is 0 Å². The molecule has 0 aromatic carbocycles. The van der Waals surface area contributed by atoms with E-state index in [9.17, 15) is 31.5 Å². The van der Waals surface area contributed by atoms with E-state index in [-0.39, 0.29) is 6.42 Å². The van der Waals surface area contributed by atoms with Gasteiger partial charge >= 0.3 is 18.1 Å². The van der Waals surface area contributed by atoms with Crippen molar-refractivity contribution < 1.29 is 41.0 Å². The molecule has 0 aliphatic heterocycles. The van der Waals surface area contributed by atoms with Crippen LogP contribution in [0, 0.1) is 5.92 Å². The minimum Gasteiger partial charge on any atom is -0.465 e. The number of esters is 2.